The molecule has 1 fully saturated rings. The van der Waals surface area contributed by atoms with Crippen molar-refractivity contribution < 1.29 is 28.7 Å². The second kappa shape index (κ2) is 16.5. The molecule has 2 aromatic rings. The molecule has 12 nitrogen and oxygen atoms in total. The second-order valence-corrected chi connectivity index (χ2v) is 12.2. The third-order valence-electron chi connectivity index (χ3n) is 7.40. The summed E-state index contributed by atoms with van der Waals surface area (Å²) in [7, 11) is 0. The molecular formula is C33H46N6O6. The summed E-state index contributed by atoms with van der Waals surface area (Å²) in [6.45, 7) is 7.92. The Morgan fingerprint density at radius 2 is 1.64 bits per heavy atom. The molecule has 3 rings (SSSR count). The number of rotatable bonds is 12. The Balaban J connectivity index is 1.60. The molecule has 1 aliphatic heterocycles. The third kappa shape index (κ3) is 11.4. The normalized spacial score (nSPS) is 15.0. The van der Waals surface area contributed by atoms with Crippen molar-refractivity contribution in [1.82, 2.24) is 20.4 Å². The number of nitrogens with one attached hydrogen (secondary N) is 3. The summed E-state index contributed by atoms with van der Waals surface area (Å²) in [5.74, 6) is -1.23. The van der Waals surface area contributed by atoms with Gasteiger partial charge >= 0.3 is 12.1 Å². The minimum Gasteiger partial charge on any atom is -0.444 e. The van der Waals surface area contributed by atoms with Crippen LogP contribution in [-0.4, -0.2) is 83.5 Å². The lowest BCUT2D eigenvalue weighted by Gasteiger charge is -2.30. The minimum atomic E-state index is -0.904. The lowest BCUT2D eigenvalue weighted by atomic mass is 10.0. The summed E-state index contributed by atoms with van der Waals surface area (Å²) in [6.07, 6.45) is 0.953. The number of urea groups is 1. The number of primary amides is 1. The molecule has 0 unspecified atom stereocenters. The van der Waals surface area contributed by atoms with Gasteiger partial charge in [-0.1, -0.05) is 48.5 Å². The lowest BCUT2D eigenvalue weighted by molar-refractivity contribution is -0.138. The predicted octanol–water partition coefficient (Wildman–Crippen LogP) is 3.34. The van der Waals surface area contributed by atoms with Crippen LogP contribution in [0.1, 0.15) is 57.6 Å². The number of unbranched alkanes of at least 4 members (excludes halogenated alkanes) is 1. The van der Waals surface area contributed by atoms with E-state index in [9.17, 15) is 24.0 Å². The van der Waals surface area contributed by atoms with Crippen LogP contribution in [0.4, 0.5) is 15.3 Å². The Kier molecular flexibility index (Phi) is 12.8. The zero-order valence-corrected chi connectivity index (χ0v) is 26.6. The summed E-state index contributed by atoms with van der Waals surface area (Å²) in [4.78, 5) is 67.2. The van der Waals surface area contributed by atoms with Crippen LogP contribution in [0, 0.1) is 6.92 Å². The first kappa shape index (κ1) is 34.9. The molecule has 2 aromatic carbocycles. The van der Waals surface area contributed by atoms with Crippen LogP contribution in [-0.2, 0) is 25.5 Å². The van der Waals surface area contributed by atoms with Gasteiger partial charge in [-0.2, -0.15) is 0 Å². The molecule has 45 heavy (non-hydrogen) atoms. The topological polar surface area (TPSA) is 163 Å². The summed E-state index contributed by atoms with van der Waals surface area (Å²) in [5, 5.41) is 8.33. The standard InChI is InChI=1S/C33H46N6O6/c1-23-12-8-9-15-25(23)36-31(43)35-18-11-10-16-26(37-32(44)45-33(2,3)4)30(42)38-19-17-28(40)39(21-20-38)27(29(34)41)22-24-13-6-5-7-14-24/h5-9,12-15,26-27H,10-11,16-22H2,1-4H3,(H2,34,41)(H,37,44)(H2,35,36,43)/t26-,27-/m0/s1. The number of nitrogens with two attached hydrogens (primary N) is 1. The van der Waals surface area contributed by atoms with Crippen LogP contribution in [0.5, 0.6) is 0 Å². The number of aryl methyl sites for hydroxylation is 1. The van der Waals surface area contributed by atoms with Crippen LogP contribution in [0.3, 0.4) is 0 Å². The largest absolute Gasteiger partial charge is 0.444 e. The van der Waals surface area contributed by atoms with Gasteiger partial charge in [-0.25, -0.2) is 9.59 Å². The molecule has 244 valence electrons. The van der Waals surface area contributed by atoms with Crippen molar-refractivity contribution in [2.45, 2.75) is 77.5 Å². The molecule has 0 aliphatic carbocycles. The van der Waals surface area contributed by atoms with E-state index < -0.39 is 29.7 Å². The number of ether oxygens (including phenoxy) is 1. The van der Waals surface area contributed by atoms with E-state index in [1.54, 1.807) is 20.8 Å². The number of benzene rings is 2. The number of anilines is 1. The van der Waals surface area contributed by atoms with E-state index in [-0.39, 0.29) is 50.3 Å². The first-order valence-electron chi connectivity index (χ1n) is 15.4. The van der Waals surface area contributed by atoms with Crippen LogP contribution < -0.4 is 21.7 Å². The van der Waals surface area contributed by atoms with Crippen LogP contribution in [0.15, 0.2) is 54.6 Å². The highest BCUT2D eigenvalue weighted by Crippen LogP contribution is 2.17. The molecule has 0 saturated carbocycles. The zero-order chi connectivity index (χ0) is 33.0. The van der Waals surface area contributed by atoms with E-state index in [0.717, 1.165) is 16.8 Å². The highest BCUT2D eigenvalue weighted by Gasteiger charge is 2.34. The van der Waals surface area contributed by atoms with Crippen LogP contribution in [0.2, 0.25) is 0 Å². The second-order valence-electron chi connectivity index (χ2n) is 12.2. The Morgan fingerprint density at radius 1 is 0.956 bits per heavy atom. The maximum absolute atomic E-state index is 13.7. The fourth-order valence-corrected chi connectivity index (χ4v) is 5.07. The fourth-order valence-electron chi connectivity index (χ4n) is 5.07. The van der Waals surface area contributed by atoms with E-state index in [1.807, 2.05) is 61.5 Å². The molecule has 1 saturated heterocycles. The Bertz CT molecular complexity index is 1330. The van der Waals surface area contributed by atoms with E-state index >= 15 is 0 Å². The third-order valence-corrected chi connectivity index (χ3v) is 7.40. The molecule has 1 heterocycles. The maximum atomic E-state index is 13.7. The van der Waals surface area contributed by atoms with Gasteiger partial charge in [0.05, 0.1) is 0 Å². The quantitative estimate of drug-likeness (QED) is 0.265. The Hall–Kier alpha value is -4.61. The van der Waals surface area contributed by atoms with E-state index in [4.69, 9.17) is 10.5 Å². The van der Waals surface area contributed by atoms with Crippen molar-refractivity contribution >= 4 is 35.5 Å². The number of para-hydroxylation sites is 1. The molecule has 0 bridgehead atoms. The summed E-state index contributed by atoms with van der Waals surface area (Å²) in [6, 6.07) is 14.7. The summed E-state index contributed by atoms with van der Waals surface area (Å²) < 4.78 is 5.40. The number of hydrogen-bond donors (Lipinski definition) is 4. The van der Waals surface area contributed by atoms with Gasteiger partial charge < -0.3 is 36.2 Å². The molecule has 0 radical (unpaired) electrons. The molecule has 12 heteroatoms. The number of carbonyl (C=O) groups is 5. The molecule has 0 spiro atoms. The number of nitrogens with zero attached hydrogens (tertiary/aromatic N) is 2. The first-order valence-corrected chi connectivity index (χ1v) is 15.4. The zero-order valence-electron chi connectivity index (χ0n) is 26.6. The SMILES string of the molecule is Cc1ccccc1NC(=O)NCCCC[C@H](NC(=O)OC(C)(C)C)C(=O)N1CCC(=O)N([C@@H](Cc2ccccc2)C(N)=O)CC1. The van der Waals surface area contributed by atoms with Gasteiger partial charge in [-0.15, -0.1) is 0 Å². The van der Waals surface area contributed by atoms with Crippen molar-refractivity contribution in [1.29, 1.82) is 0 Å². The highest BCUT2D eigenvalue weighted by atomic mass is 16.6. The summed E-state index contributed by atoms with van der Waals surface area (Å²) >= 11 is 0. The molecule has 1 aliphatic rings. The summed E-state index contributed by atoms with van der Waals surface area (Å²) in [5.41, 5.74) is 7.49. The maximum Gasteiger partial charge on any atom is 0.408 e. The van der Waals surface area contributed by atoms with Gasteiger partial charge in [0.1, 0.15) is 17.7 Å². The lowest BCUT2D eigenvalue weighted by Crippen LogP contribution is -2.52. The van der Waals surface area contributed by atoms with E-state index in [1.165, 1.54) is 9.80 Å². The molecule has 5 N–H and O–H groups in total. The van der Waals surface area contributed by atoms with Crippen molar-refractivity contribution in [2.24, 2.45) is 5.73 Å². The van der Waals surface area contributed by atoms with Gasteiger partial charge in [0, 0.05) is 44.7 Å². The number of carbonyl (C=O) groups excluding carboxylic acids is 5. The average Bonchev–Trinajstić information content (AvgIpc) is 3.16. The van der Waals surface area contributed by atoms with E-state index in [0.29, 0.717) is 25.8 Å². The minimum absolute atomic E-state index is 0.0172. The van der Waals surface area contributed by atoms with Gasteiger partial charge in [-0.05, 0) is 64.2 Å². The molecule has 0 aromatic heterocycles. The van der Waals surface area contributed by atoms with Crippen molar-refractivity contribution in [3.05, 3.63) is 65.7 Å². The van der Waals surface area contributed by atoms with Gasteiger partial charge in [0.15, 0.2) is 0 Å². The average molecular weight is 623 g/mol. The van der Waals surface area contributed by atoms with Crippen molar-refractivity contribution in [2.75, 3.05) is 31.5 Å². The highest BCUT2D eigenvalue weighted by molar-refractivity contribution is 5.90. The smallest absolute Gasteiger partial charge is 0.408 e. The van der Waals surface area contributed by atoms with Crippen LogP contribution in [0.25, 0.3) is 0 Å². The molecular weight excluding hydrogens is 576 g/mol. The number of alkyl carbamates (subject to hydrolysis) is 1. The monoisotopic (exact) mass is 622 g/mol. The number of hydrogen-bond acceptors (Lipinski definition) is 6. The molecule has 2 atom stereocenters. The van der Waals surface area contributed by atoms with Gasteiger partial charge in [0.2, 0.25) is 17.7 Å². The fraction of sp³-hybridized carbons (Fsp3) is 0.485. The van der Waals surface area contributed by atoms with Crippen molar-refractivity contribution in [3.8, 4) is 0 Å². The molecule has 6 amide bonds. The van der Waals surface area contributed by atoms with E-state index in [2.05, 4.69) is 16.0 Å². The van der Waals surface area contributed by atoms with Crippen LogP contribution >= 0.6 is 0 Å². The van der Waals surface area contributed by atoms with Gasteiger partial charge in [0.25, 0.3) is 0 Å². The number of amides is 6. The van der Waals surface area contributed by atoms with Gasteiger partial charge in [-0.3, -0.25) is 14.4 Å². The first-order chi connectivity index (χ1) is 21.3. The predicted molar refractivity (Wildman–Crippen MR) is 171 cm³/mol. The Labute approximate surface area is 265 Å². The van der Waals surface area contributed by atoms with Crippen molar-refractivity contribution in [3.63, 3.8) is 0 Å². The Morgan fingerprint density at radius 3 is 2.31 bits per heavy atom.